The van der Waals surface area contributed by atoms with Gasteiger partial charge in [0.15, 0.2) is 5.16 Å². The first-order chi connectivity index (χ1) is 9.40. The third-order valence-electron chi connectivity index (χ3n) is 2.71. The van der Waals surface area contributed by atoms with Gasteiger partial charge >= 0.3 is 0 Å². The van der Waals surface area contributed by atoms with Gasteiger partial charge in [0, 0.05) is 7.11 Å². The highest BCUT2D eigenvalue weighted by molar-refractivity contribution is 7.99. The average molecular weight is 278 g/mol. The van der Waals surface area contributed by atoms with Gasteiger partial charge < -0.3 is 9.47 Å². The maximum atomic E-state index is 5.44. The van der Waals surface area contributed by atoms with Crippen molar-refractivity contribution in [2.24, 2.45) is 0 Å². The van der Waals surface area contributed by atoms with Crippen molar-refractivity contribution in [3.8, 4) is 0 Å². The average Bonchev–Trinajstić information content (AvgIpc) is 2.98. The van der Waals surface area contributed by atoms with Crippen molar-refractivity contribution in [2.75, 3.05) is 26.3 Å². The lowest BCUT2D eigenvalue weighted by atomic mass is 10.3. The lowest BCUT2D eigenvalue weighted by molar-refractivity contribution is 0.0953. The summed E-state index contributed by atoms with van der Waals surface area (Å²) in [6.45, 7) is 1.19. The summed E-state index contributed by atoms with van der Waals surface area (Å²) in [5.41, 5.74) is 2.00. The summed E-state index contributed by atoms with van der Waals surface area (Å²) in [7, 11) is 1.66. The van der Waals surface area contributed by atoms with E-state index in [1.165, 1.54) is 11.8 Å². The number of hydrogen-bond donors (Lipinski definition) is 1. The van der Waals surface area contributed by atoms with E-state index in [0.29, 0.717) is 19.2 Å². The minimum Gasteiger partial charge on any atom is -0.382 e. The molecule has 0 aliphatic heterocycles. The van der Waals surface area contributed by atoms with Gasteiger partial charge in [-0.15, -0.1) is 5.10 Å². The Balaban J connectivity index is 1.79. The number of methoxy groups -OCH3 is 1. The van der Waals surface area contributed by atoms with Crippen LogP contribution >= 0.6 is 11.8 Å². The lowest BCUT2D eigenvalue weighted by Gasteiger charge is -2.01. The molecule has 3 rings (SSSR count). The minimum atomic E-state index is 0.538. The second-order valence-electron chi connectivity index (χ2n) is 3.93. The van der Waals surface area contributed by atoms with Crippen molar-refractivity contribution >= 4 is 28.6 Å². The van der Waals surface area contributed by atoms with Crippen LogP contribution in [0.1, 0.15) is 0 Å². The topological polar surface area (TPSA) is 64.4 Å². The van der Waals surface area contributed by atoms with Crippen molar-refractivity contribution in [3.05, 3.63) is 24.3 Å². The number of benzene rings is 1. The van der Waals surface area contributed by atoms with E-state index in [2.05, 4.69) is 15.2 Å². The van der Waals surface area contributed by atoms with E-state index in [1.54, 1.807) is 7.11 Å². The zero-order valence-electron chi connectivity index (χ0n) is 10.5. The third kappa shape index (κ3) is 2.44. The molecule has 6 nitrogen and oxygen atoms in total. The Labute approximate surface area is 114 Å². The number of thioether (sulfide) groups is 1. The fourth-order valence-electron chi connectivity index (χ4n) is 1.83. The van der Waals surface area contributed by atoms with Crippen LogP contribution in [0.2, 0.25) is 0 Å². The molecule has 100 valence electrons. The molecule has 3 aromatic rings. The van der Waals surface area contributed by atoms with Gasteiger partial charge in [0.2, 0.25) is 5.78 Å². The molecule has 0 aliphatic carbocycles. The molecule has 0 amide bonds. The van der Waals surface area contributed by atoms with Crippen molar-refractivity contribution in [1.82, 2.24) is 19.6 Å². The SMILES string of the molecule is COCCOCSc1n[nH]c2nc3ccccc3n12. The van der Waals surface area contributed by atoms with Gasteiger partial charge in [0.1, 0.15) is 0 Å². The predicted octanol–water partition coefficient (Wildman–Crippen LogP) is 1.92. The van der Waals surface area contributed by atoms with Crippen LogP contribution in [-0.4, -0.2) is 45.8 Å². The fraction of sp³-hybridized carbons (Fsp3) is 0.333. The van der Waals surface area contributed by atoms with E-state index in [-0.39, 0.29) is 0 Å². The van der Waals surface area contributed by atoms with Crippen LogP contribution < -0.4 is 0 Å². The van der Waals surface area contributed by atoms with Crippen LogP contribution in [0.4, 0.5) is 0 Å². The summed E-state index contributed by atoms with van der Waals surface area (Å²) in [4.78, 5) is 4.46. The number of nitrogens with zero attached hydrogens (tertiary/aromatic N) is 3. The van der Waals surface area contributed by atoms with Gasteiger partial charge in [-0.1, -0.05) is 23.9 Å². The largest absolute Gasteiger partial charge is 0.382 e. The molecule has 0 atom stereocenters. The standard InChI is InChI=1S/C12H14N4O2S/c1-17-6-7-18-8-19-12-15-14-11-13-9-4-2-3-5-10(9)16(11)12/h2-5H,6-8H2,1H3,(H,13,14). The number of fused-ring (bicyclic) bond motifs is 3. The van der Waals surface area contributed by atoms with E-state index >= 15 is 0 Å². The molecular formula is C12H14N4O2S. The van der Waals surface area contributed by atoms with E-state index in [9.17, 15) is 0 Å². The Morgan fingerprint density at radius 3 is 3.11 bits per heavy atom. The Bertz CT molecular complexity index is 679. The molecular weight excluding hydrogens is 264 g/mol. The van der Waals surface area contributed by atoms with Crippen LogP contribution in [0.5, 0.6) is 0 Å². The quantitative estimate of drug-likeness (QED) is 0.424. The molecule has 0 aliphatic rings. The van der Waals surface area contributed by atoms with Crippen molar-refractivity contribution in [3.63, 3.8) is 0 Å². The third-order valence-corrected chi connectivity index (χ3v) is 3.52. The second kappa shape index (κ2) is 5.60. The smallest absolute Gasteiger partial charge is 0.231 e. The number of para-hydroxylation sites is 2. The number of ether oxygens (including phenoxy) is 2. The molecule has 0 radical (unpaired) electrons. The Morgan fingerprint density at radius 1 is 1.32 bits per heavy atom. The molecule has 2 aromatic heterocycles. The Morgan fingerprint density at radius 2 is 2.21 bits per heavy atom. The van der Waals surface area contributed by atoms with Gasteiger partial charge in [-0.25, -0.2) is 10.1 Å². The number of imidazole rings is 1. The van der Waals surface area contributed by atoms with Gasteiger partial charge in [0.25, 0.3) is 0 Å². The summed E-state index contributed by atoms with van der Waals surface area (Å²) >= 11 is 1.53. The second-order valence-corrected chi connectivity index (χ2v) is 4.82. The van der Waals surface area contributed by atoms with E-state index in [1.807, 2.05) is 28.7 Å². The summed E-state index contributed by atoms with van der Waals surface area (Å²) < 4.78 is 12.4. The summed E-state index contributed by atoms with van der Waals surface area (Å²) in [5.74, 6) is 1.29. The highest BCUT2D eigenvalue weighted by Gasteiger charge is 2.11. The lowest BCUT2D eigenvalue weighted by Crippen LogP contribution is -2.01. The number of hydrogen-bond acceptors (Lipinski definition) is 5. The molecule has 1 aromatic carbocycles. The number of aromatic amines is 1. The van der Waals surface area contributed by atoms with Crippen LogP contribution in [0.3, 0.4) is 0 Å². The van der Waals surface area contributed by atoms with Crippen molar-refractivity contribution < 1.29 is 9.47 Å². The molecule has 0 saturated carbocycles. The molecule has 0 fully saturated rings. The molecule has 7 heteroatoms. The highest BCUT2D eigenvalue weighted by Crippen LogP contribution is 2.22. The van der Waals surface area contributed by atoms with E-state index in [4.69, 9.17) is 9.47 Å². The zero-order chi connectivity index (χ0) is 13.1. The minimum absolute atomic E-state index is 0.538. The monoisotopic (exact) mass is 278 g/mol. The maximum Gasteiger partial charge on any atom is 0.231 e. The predicted molar refractivity (Wildman–Crippen MR) is 73.4 cm³/mol. The molecule has 0 spiro atoms. The fourth-order valence-corrected chi connectivity index (χ4v) is 2.57. The molecule has 0 unspecified atom stereocenters. The number of nitrogens with one attached hydrogen (secondary N) is 1. The number of rotatable bonds is 6. The Kier molecular flexibility index (Phi) is 3.67. The maximum absolute atomic E-state index is 5.44. The van der Waals surface area contributed by atoms with Gasteiger partial charge in [0.05, 0.1) is 30.2 Å². The summed E-state index contributed by atoms with van der Waals surface area (Å²) in [6, 6.07) is 7.98. The molecule has 2 heterocycles. The number of aromatic nitrogens is 4. The summed E-state index contributed by atoms with van der Waals surface area (Å²) in [6.07, 6.45) is 0. The molecule has 0 bridgehead atoms. The van der Waals surface area contributed by atoms with Gasteiger partial charge in [-0.2, -0.15) is 0 Å². The first kappa shape index (κ1) is 12.5. The van der Waals surface area contributed by atoms with Crippen LogP contribution in [0.25, 0.3) is 16.8 Å². The zero-order valence-corrected chi connectivity index (χ0v) is 11.3. The summed E-state index contributed by atoms with van der Waals surface area (Å²) in [5, 5.41) is 8.03. The van der Waals surface area contributed by atoms with Crippen LogP contribution in [0.15, 0.2) is 29.4 Å². The molecule has 19 heavy (non-hydrogen) atoms. The first-order valence-corrected chi connectivity index (χ1v) is 6.90. The molecule has 0 saturated heterocycles. The van der Waals surface area contributed by atoms with E-state index < -0.39 is 0 Å². The van der Waals surface area contributed by atoms with Crippen molar-refractivity contribution in [1.29, 1.82) is 0 Å². The number of H-pyrrole nitrogens is 1. The van der Waals surface area contributed by atoms with Crippen LogP contribution in [0, 0.1) is 0 Å². The van der Waals surface area contributed by atoms with Crippen molar-refractivity contribution in [2.45, 2.75) is 5.16 Å². The van der Waals surface area contributed by atoms with Gasteiger partial charge in [-0.05, 0) is 12.1 Å². The first-order valence-electron chi connectivity index (χ1n) is 5.91. The van der Waals surface area contributed by atoms with Gasteiger partial charge in [-0.3, -0.25) is 4.40 Å². The molecule has 1 N–H and O–H groups in total. The Hall–Kier alpha value is -1.57. The highest BCUT2D eigenvalue weighted by atomic mass is 32.2. The van der Waals surface area contributed by atoms with E-state index in [0.717, 1.165) is 22.0 Å². The van der Waals surface area contributed by atoms with Crippen LogP contribution in [-0.2, 0) is 9.47 Å². The normalized spacial score (nSPS) is 11.6.